The number of hydrogen-bond acceptors (Lipinski definition) is 5. The van der Waals surface area contributed by atoms with Crippen molar-refractivity contribution < 1.29 is 19.1 Å². The molecule has 6 nitrogen and oxygen atoms in total. The number of esters is 1. The minimum absolute atomic E-state index is 0.0173. The molecule has 154 valence electrons. The summed E-state index contributed by atoms with van der Waals surface area (Å²) in [5, 5.41) is 2.63. The Kier molecular flexibility index (Phi) is 5.95. The van der Waals surface area contributed by atoms with Crippen LogP contribution in [0.3, 0.4) is 0 Å². The Morgan fingerprint density at radius 3 is 2.29 bits per heavy atom. The van der Waals surface area contributed by atoms with E-state index in [1.807, 2.05) is 24.3 Å². The van der Waals surface area contributed by atoms with Crippen LogP contribution >= 0.6 is 0 Å². The molecule has 6 heteroatoms. The van der Waals surface area contributed by atoms with E-state index in [0.29, 0.717) is 5.56 Å². The number of hydrogen-bond donors (Lipinski definition) is 1. The van der Waals surface area contributed by atoms with Gasteiger partial charge in [0.25, 0.3) is 0 Å². The Morgan fingerprint density at radius 1 is 1.00 bits per heavy atom. The quantitative estimate of drug-likeness (QED) is 0.522. The number of nitrogens with one attached hydrogen (secondary N) is 1. The first-order chi connectivity index (χ1) is 15.2. The van der Waals surface area contributed by atoms with E-state index in [2.05, 4.69) is 51.1 Å². The number of nitrogens with zero attached hydrogens (tertiary/aromatic N) is 1. The van der Waals surface area contributed by atoms with E-state index in [-0.39, 0.29) is 24.8 Å². The minimum atomic E-state index is -0.518. The highest BCUT2D eigenvalue weighted by Gasteiger charge is 2.28. The smallest absolute Gasteiger partial charge is 0.407 e. The highest BCUT2D eigenvalue weighted by Crippen LogP contribution is 2.44. The van der Waals surface area contributed by atoms with Crippen molar-refractivity contribution >= 4 is 12.1 Å². The van der Waals surface area contributed by atoms with E-state index in [1.54, 1.807) is 6.07 Å². The Labute approximate surface area is 180 Å². The van der Waals surface area contributed by atoms with Crippen LogP contribution in [0.15, 0.2) is 66.9 Å². The lowest BCUT2D eigenvalue weighted by Gasteiger charge is -2.14. The van der Waals surface area contributed by atoms with Gasteiger partial charge in [-0.15, -0.1) is 0 Å². The van der Waals surface area contributed by atoms with E-state index in [0.717, 1.165) is 0 Å². The number of ether oxygens (including phenoxy) is 2. The molecule has 0 saturated carbocycles. The summed E-state index contributed by atoms with van der Waals surface area (Å²) in [7, 11) is 1.30. The molecule has 0 unspecified atom stereocenters. The fourth-order valence-electron chi connectivity index (χ4n) is 3.61. The van der Waals surface area contributed by atoms with Gasteiger partial charge in [0, 0.05) is 17.7 Å². The molecule has 0 aliphatic heterocycles. The number of carbonyl (C=O) groups is 2. The van der Waals surface area contributed by atoms with Gasteiger partial charge in [0.2, 0.25) is 0 Å². The number of benzene rings is 2. The molecule has 4 rings (SSSR count). The molecule has 2 aromatic carbocycles. The van der Waals surface area contributed by atoms with Crippen LogP contribution in [0.5, 0.6) is 0 Å². The number of carbonyl (C=O) groups excluding carboxylic acids is 2. The molecule has 1 N–H and O–H groups in total. The molecule has 1 aliphatic carbocycles. The molecule has 1 aliphatic rings. The van der Waals surface area contributed by atoms with Gasteiger partial charge in [-0.05, 0) is 34.4 Å². The Balaban J connectivity index is 1.31. The molecule has 0 spiro atoms. The molecule has 0 fully saturated rings. The molecule has 31 heavy (non-hydrogen) atoms. The first-order valence-corrected chi connectivity index (χ1v) is 9.79. The molecular formula is C25H20N2O4. The van der Waals surface area contributed by atoms with Crippen molar-refractivity contribution in [3.8, 4) is 23.0 Å². The van der Waals surface area contributed by atoms with Gasteiger partial charge in [0.05, 0.1) is 13.7 Å². The summed E-state index contributed by atoms with van der Waals surface area (Å²) in [6.45, 7) is 0.391. The van der Waals surface area contributed by atoms with Crippen molar-refractivity contribution in [2.75, 3.05) is 20.3 Å². The van der Waals surface area contributed by atoms with Gasteiger partial charge in [0.15, 0.2) is 0 Å². The fourth-order valence-corrected chi connectivity index (χ4v) is 3.61. The number of amides is 1. The van der Waals surface area contributed by atoms with Crippen molar-refractivity contribution in [2.24, 2.45) is 0 Å². The van der Waals surface area contributed by atoms with Crippen LogP contribution in [-0.2, 0) is 9.47 Å². The van der Waals surface area contributed by atoms with Crippen LogP contribution in [0.25, 0.3) is 11.1 Å². The number of alkyl carbamates (subject to hydrolysis) is 1. The van der Waals surface area contributed by atoms with E-state index in [9.17, 15) is 9.59 Å². The molecule has 3 aromatic rings. The van der Waals surface area contributed by atoms with Gasteiger partial charge in [-0.3, -0.25) is 0 Å². The van der Waals surface area contributed by atoms with Crippen LogP contribution in [-0.4, -0.2) is 37.3 Å². The van der Waals surface area contributed by atoms with Gasteiger partial charge in [-0.2, -0.15) is 0 Å². The number of fused-ring (bicyclic) bond motifs is 3. The second kappa shape index (κ2) is 9.14. The lowest BCUT2D eigenvalue weighted by atomic mass is 9.98. The summed E-state index contributed by atoms with van der Waals surface area (Å²) in [6.07, 6.45) is 0.961. The van der Waals surface area contributed by atoms with Gasteiger partial charge in [-0.25, -0.2) is 14.6 Å². The van der Waals surface area contributed by atoms with Crippen LogP contribution in [0.1, 0.15) is 33.1 Å². The predicted octanol–water partition coefficient (Wildman–Crippen LogP) is 3.76. The van der Waals surface area contributed by atoms with Crippen molar-refractivity contribution in [1.82, 2.24) is 10.3 Å². The van der Waals surface area contributed by atoms with Crippen molar-refractivity contribution in [1.29, 1.82) is 0 Å². The Bertz CT molecular complexity index is 1130. The average molecular weight is 412 g/mol. The third-order valence-corrected chi connectivity index (χ3v) is 5.06. The number of pyridine rings is 1. The average Bonchev–Trinajstić information content (AvgIpc) is 3.14. The standard InChI is InChI=1S/C25H20N2O4/c1-30-24(28)23-13-12-17(15-27-23)7-6-14-26-25(29)31-16-22-20-10-4-2-8-18(20)19-9-3-5-11-21(19)22/h2-5,8-13,15,22H,14,16H2,1H3,(H,26,29). The van der Waals surface area contributed by atoms with Crippen LogP contribution in [0.4, 0.5) is 4.79 Å². The lowest BCUT2D eigenvalue weighted by Crippen LogP contribution is -2.26. The lowest BCUT2D eigenvalue weighted by molar-refractivity contribution is 0.0594. The predicted molar refractivity (Wildman–Crippen MR) is 116 cm³/mol. The molecule has 1 heterocycles. The van der Waals surface area contributed by atoms with Crippen molar-refractivity contribution in [3.63, 3.8) is 0 Å². The maximum atomic E-state index is 12.1. The second-order valence-electron chi connectivity index (χ2n) is 6.90. The van der Waals surface area contributed by atoms with Gasteiger partial charge < -0.3 is 14.8 Å². The largest absolute Gasteiger partial charge is 0.464 e. The number of methoxy groups -OCH3 is 1. The van der Waals surface area contributed by atoms with Crippen LogP contribution in [0.2, 0.25) is 0 Å². The first kappa shape index (κ1) is 20.2. The third-order valence-electron chi connectivity index (χ3n) is 5.06. The van der Waals surface area contributed by atoms with Crippen LogP contribution < -0.4 is 5.32 Å². The highest BCUT2D eigenvalue weighted by molar-refractivity contribution is 5.87. The first-order valence-electron chi connectivity index (χ1n) is 9.79. The topological polar surface area (TPSA) is 77.5 Å². The normalized spacial score (nSPS) is 11.5. The number of rotatable bonds is 4. The SMILES string of the molecule is COC(=O)c1ccc(C#CCNC(=O)OCC2c3ccccc3-c3ccccc32)cn1. The monoisotopic (exact) mass is 412 g/mol. The molecular weight excluding hydrogens is 392 g/mol. The second-order valence-corrected chi connectivity index (χ2v) is 6.90. The van der Waals surface area contributed by atoms with Gasteiger partial charge in [-0.1, -0.05) is 60.4 Å². The summed E-state index contributed by atoms with van der Waals surface area (Å²) in [6, 6.07) is 19.6. The maximum absolute atomic E-state index is 12.1. The summed E-state index contributed by atoms with van der Waals surface area (Å²) >= 11 is 0. The summed E-state index contributed by atoms with van der Waals surface area (Å²) in [5.74, 6) is 5.22. The summed E-state index contributed by atoms with van der Waals surface area (Å²) in [5.41, 5.74) is 5.54. The summed E-state index contributed by atoms with van der Waals surface area (Å²) < 4.78 is 10.1. The molecule has 0 atom stereocenters. The number of aromatic nitrogens is 1. The zero-order valence-electron chi connectivity index (χ0n) is 16.9. The highest BCUT2D eigenvalue weighted by atomic mass is 16.5. The summed E-state index contributed by atoms with van der Waals surface area (Å²) in [4.78, 5) is 27.5. The van der Waals surface area contributed by atoms with Crippen molar-refractivity contribution in [3.05, 3.63) is 89.2 Å². The van der Waals surface area contributed by atoms with E-state index >= 15 is 0 Å². The van der Waals surface area contributed by atoms with Gasteiger partial charge >= 0.3 is 12.1 Å². The van der Waals surface area contributed by atoms with Crippen LogP contribution in [0, 0.1) is 11.8 Å². The molecule has 0 saturated heterocycles. The zero-order valence-corrected chi connectivity index (χ0v) is 16.9. The zero-order chi connectivity index (χ0) is 21.6. The van der Waals surface area contributed by atoms with Gasteiger partial charge in [0.1, 0.15) is 12.3 Å². The van der Waals surface area contributed by atoms with E-state index in [4.69, 9.17) is 4.74 Å². The van der Waals surface area contributed by atoms with E-state index < -0.39 is 12.1 Å². The Morgan fingerprint density at radius 2 is 1.68 bits per heavy atom. The maximum Gasteiger partial charge on any atom is 0.407 e. The molecule has 1 amide bonds. The molecule has 0 bridgehead atoms. The molecule has 0 radical (unpaired) electrons. The molecule has 1 aromatic heterocycles. The van der Waals surface area contributed by atoms with E-state index in [1.165, 1.54) is 41.6 Å². The van der Waals surface area contributed by atoms with Crippen molar-refractivity contribution in [2.45, 2.75) is 5.92 Å². The fraction of sp³-hybridized carbons (Fsp3) is 0.160. The third kappa shape index (κ3) is 4.41. The Hall–Kier alpha value is -4.11. The minimum Gasteiger partial charge on any atom is -0.464 e.